The molecule has 2 aromatic carbocycles. The second kappa shape index (κ2) is 6.99. The standard InChI is InChI=1S/C16H15Cl2FN2O/c1-9-3-5-12(8-13(9)18)20-10(2)16(22)21-15-6-4-11(17)7-14(15)19/h3-8,10,20H,1-2H3,(H,21,22). The van der Waals surface area contributed by atoms with Crippen molar-refractivity contribution >= 4 is 40.5 Å². The van der Waals surface area contributed by atoms with Crippen LogP contribution in [0, 0.1) is 12.7 Å². The monoisotopic (exact) mass is 340 g/mol. The topological polar surface area (TPSA) is 41.1 Å². The number of benzene rings is 2. The quantitative estimate of drug-likeness (QED) is 0.832. The van der Waals surface area contributed by atoms with E-state index in [1.165, 1.54) is 12.1 Å². The van der Waals surface area contributed by atoms with Gasteiger partial charge in [0.1, 0.15) is 11.9 Å². The Labute approximate surface area is 138 Å². The van der Waals surface area contributed by atoms with Gasteiger partial charge in [-0.15, -0.1) is 0 Å². The predicted molar refractivity (Wildman–Crippen MR) is 89.3 cm³/mol. The fourth-order valence-corrected chi connectivity index (χ4v) is 2.17. The number of hydrogen-bond donors (Lipinski definition) is 2. The van der Waals surface area contributed by atoms with Crippen LogP contribution < -0.4 is 10.6 Å². The van der Waals surface area contributed by atoms with Gasteiger partial charge in [0.15, 0.2) is 0 Å². The van der Waals surface area contributed by atoms with Gasteiger partial charge in [0.05, 0.1) is 5.69 Å². The maximum atomic E-state index is 13.7. The van der Waals surface area contributed by atoms with Crippen molar-refractivity contribution in [3.63, 3.8) is 0 Å². The first kappa shape index (κ1) is 16.6. The van der Waals surface area contributed by atoms with Gasteiger partial charge in [-0.05, 0) is 49.7 Å². The van der Waals surface area contributed by atoms with Crippen LogP contribution >= 0.6 is 23.2 Å². The van der Waals surface area contributed by atoms with Crippen LogP contribution in [-0.2, 0) is 4.79 Å². The Morgan fingerprint density at radius 1 is 1.18 bits per heavy atom. The van der Waals surface area contributed by atoms with Gasteiger partial charge in [-0.25, -0.2) is 4.39 Å². The zero-order chi connectivity index (χ0) is 16.3. The third-order valence-electron chi connectivity index (χ3n) is 3.14. The highest BCUT2D eigenvalue weighted by molar-refractivity contribution is 6.31. The highest BCUT2D eigenvalue weighted by Crippen LogP contribution is 2.22. The molecule has 1 atom stereocenters. The lowest BCUT2D eigenvalue weighted by Crippen LogP contribution is -2.32. The van der Waals surface area contributed by atoms with Crippen LogP contribution in [0.5, 0.6) is 0 Å². The maximum Gasteiger partial charge on any atom is 0.246 e. The first-order chi connectivity index (χ1) is 10.4. The molecule has 1 unspecified atom stereocenters. The summed E-state index contributed by atoms with van der Waals surface area (Å²) in [6.07, 6.45) is 0. The summed E-state index contributed by atoms with van der Waals surface area (Å²) in [6.45, 7) is 3.57. The van der Waals surface area contributed by atoms with E-state index in [2.05, 4.69) is 10.6 Å². The Bertz CT molecular complexity index is 707. The average molecular weight is 341 g/mol. The van der Waals surface area contributed by atoms with Crippen molar-refractivity contribution in [1.29, 1.82) is 0 Å². The van der Waals surface area contributed by atoms with Gasteiger partial charge in [0.25, 0.3) is 0 Å². The van der Waals surface area contributed by atoms with E-state index in [-0.39, 0.29) is 16.6 Å². The minimum absolute atomic E-state index is 0.0880. The van der Waals surface area contributed by atoms with Crippen LogP contribution in [0.25, 0.3) is 0 Å². The molecule has 3 nitrogen and oxygen atoms in total. The number of nitrogens with one attached hydrogen (secondary N) is 2. The summed E-state index contributed by atoms with van der Waals surface area (Å²) in [5, 5.41) is 6.42. The Hall–Kier alpha value is -1.78. The molecule has 0 aliphatic carbocycles. The van der Waals surface area contributed by atoms with E-state index in [1.807, 2.05) is 19.1 Å². The molecule has 116 valence electrons. The lowest BCUT2D eigenvalue weighted by molar-refractivity contribution is -0.116. The molecule has 0 aliphatic rings. The molecule has 2 N–H and O–H groups in total. The van der Waals surface area contributed by atoms with Crippen LogP contribution in [0.1, 0.15) is 12.5 Å². The Morgan fingerprint density at radius 3 is 2.55 bits per heavy atom. The summed E-state index contributed by atoms with van der Waals surface area (Å²) in [7, 11) is 0. The lowest BCUT2D eigenvalue weighted by atomic mass is 10.2. The van der Waals surface area contributed by atoms with Crippen molar-refractivity contribution < 1.29 is 9.18 Å². The molecule has 0 fully saturated rings. The largest absolute Gasteiger partial charge is 0.374 e. The summed E-state index contributed by atoms with van der Waals surface area (Å²) in [5.74, 6) is -0.940. The van der Waals surface area contributed by atoms with Crippen LogP contribution in [0.2, 0.25) is 10.0 Å². The highest BCUT2D eigenvalue weighted by atomic mass is 35.5. The fraction of sp³-hybridized carbons (Fsp3) is 0.188. The van der Waals surface area contributed by atoms with E-state index in [0.717, 1.165) is 17.3 Å². The molecule has 6 heteroatoms. The number of amides is 1. The van der Waals surface area contributed by atoms with E-state index in [0.29, 0.717) is 5.02 Å². The summed E-state index contributed by atoms with van der Waals surface area (Å²) < 4.78 is 13.7. The average Bonchev–Trinajstić information content (AvgIpc) is 2.45. The zero-order valence-corrected chi connectivity index (χ0v) is 13.6. The molecule has 0 radical (unpaired) electrons. The number of halogens is 3. The second-order valence-electron chi connectivity index (χ2n) is 4.94. The normalized spacial score (nSPS) is 11.9. The van der Waals surface area contributed by atoms with E-state index >= 15 is 0 Å². The molecule has 0 bridgehead atoms. The molecule has 22 heavy (non-hydrogen) atoms. The van der Waals surface area contributed by atoms with Gasteiger partial charge in [-0.1, -0.05) is 29.3 Å². The second-order valence-corrected chi connectivity index (χ2v) is 5.79. The summed E-state index contributed by atoms with van der Waals surface area (Å²) in [5.41, 5.74) is 1.76. The lowest BCUT2D eigenvalue weighted by Gasteiger charge is -2.16. The van der Waals surface area contributed by atoms with Crippen LogP contribution in [0.3, 0.4) is 0 Å². The molecule has 2 aromatic rings. The summed E-state index contributed by atoms with van der Waals surface area (Å²) in [4.78, 5) is 12.1. The number of anilines is 2. The molecule has 0 aromatic heterocycles. The smallest absolute Gasteiger partial charge is 0.246 e. The Kier molecular flexibility index (Phi) is 5.27. The third-order valence-corrected chi connectivity index (χ3v) is 3.78. The van der Waals surface area contributed by atoms with Crippen LogP contribution in [0.4, 0.5) is 15.8 Å². The van der Waals surface area contributed by atoms with Gasteiger partial charge >= 0.3 is 0 Å². The molecule has 0 spiro atoms. The van der Waals surface area contributed by atoms with Gasteiger partial charge in [-0.3, -0.25) is 4.79 Å². The first-order valence-corrected chi connectivity index (χ1v) is 7.41. The van der Waals surface area contributed by atoms with Crippen molar-refractivity contribution in [2.24, 2.45) is 0 Å². The Balaban J connectivity index is 2.04. The number of carbonyl (C=O) groups is 1. The molecular weight excluding hydrogens is 326 g/mol. The van der Waals surface area contributed by atoms with Crippen molar-refractivity contribution in [2.75, 3.05) is 10.6 Å². The third kappa shape index (κ3) is 4.12. The van der Waals surface area contributed by atoms with Crippen molar-refractivity contribution in [3.8, 4) is 0 Å². The summed E-state index contributed by atoms with van der Waals surface area (Å²) in [6, 6.07) is 8.94. The first-order valence-electron chi connectivity index (χ1n) is 6.65. The SMILES string of the molecule is Cc1ccc(NC(C)C(=O)Nc2ccc(Cl)cc2F)cc1Cl. The number of aryl methyl sites for hydroxylation is 1. The van der Waals surface area contributed by atoms with Gasteiger partial charge in [0, 0.05) is 15.7 Å². The molecule has 0 aliphatic heterocycles. The minimum atomic E-state index is -0.577. The Morgan fingerprint density at radius 2 is 1.91 bits per heavy atom. The van der Waals surface area contributed by atoms with Crippen molar-refractivity contribution in [3.05, 3.63) is 57.8 Å². The molecule has 0 heterocycles. The molecular formula is C16H15Cl2FN2O. The zero-order valence-electron chi connectivity index (χ0n) is 12.1. The van der Waals surface area contributed by atoms with Crippen molar-refractivity contribution in [2.45, 2.75) is 19.9 Å². The van der Waals surface area contributed by atoms with E-state index in [9.17, 15) is 9.18 Å². The minimum Gasteiger partial charge on any atom is -0.374 e. The van der Waals surface area contributed by atoms with Crippen LogP contribution in [0.15, 0.2) is 36.4 Å². The van der Waals surface area contributed by atoms with E-state index < -0.39 is 11.9 Å². The number of rotatable bonds is 4. The van der Waals surface area contributed by atoms with Crippen LogP contribution in [-0.4, -0.2) is 11.9 Å². The fourth-order valence-electron chi connectivity index (χ4n) is 1.83. The number of hydrogen-bond acceptors (Lipinski definition) is 2. The predicted octanol–water partition coefficient (Wildman–Crippen LogP) is 4.88. The van der Waals surface area contributed by atoms with Gasteiger partial charge in [0.2, 0.25) is 5.91 Å². The maximum absolute atomic E-state index is 13.7. The highest BCUT2D eigenvalue weighted by Gasteiger charge is 2.15. The van der Waals surface area contributed by atoms with E-state index in [1.54, 1.807) is 13.0 Å². The van der Waals surface area contributed by atoms with Gasteiger partial charge < -0.3 is 10.6 Å². The molecule has 0 saturated carbocycles. The number of carbonyl (C=O) groups excluding carboxylic acids is 1. The van der Waals surface area contributed by atoms with Crippen molar-refractivity contribution in [1.82, 2.24) is 0 Å². The molecule has 0 saturated heterocycles. The molecule has 1 amide bonds. The summed E-state index contributed by atoms with van der Waals surface area (Å²) >= 11 is 11.7. The van der Waals surface area contributed by atoms with E-state index in [4.69, 9.17) is 23.2 Å². The molecule has 2 rings (SSSR count). The van der Waals surface area contributed by atoms with Gasteiger partial charge in [-0.2, -0.15) is 0 Å².